The van der Waals surface area contributed by atoms with Crippen molar-refractivity contribution in [2.45, 2.75) is 13.8 Å². The van der Waals surface area contributed by atoms with Crippen LogP contribution in [0.2, 0.25) is 0 Å². The van der Waals surface area contributed by atoms with E-state index in [2.05, 4.69) is 28.9 Å². The molecule has 0 saturated carbocycles. The first-order chi connectivity index (χ1) is 9.19. The molecule has 6 heteroatoms. The Kier molecular flexibility index (Phi) is 6.52. The van der Waals surface area contributed by atoms with Gasteiger partial charge in [-0.15, -0.1) is 5.11 Å². The Bertz CT molecular complexity index is 429. The second kappa shape index (κ2) is 8.20. The Labute approximate surface area is 113 Å². The van der Waals surface area contributed by atoms with Crippen molar-refractivity contribution in [3.05, 3.63) is 24.3 Å². The number of nitrogens with two attached hydrogens (primary N) is 1. The predicted octanol–water partition coefficient (Wildman–Crippen LogP) is 2.38. The average Bonchev–Trinajstić information content (AvgIpc) is 2.44. The fraction of sp³-hybridized carbons (Fsp3) is 0.462. The Morgan fingerprint density at radius 2 is 2.11 bits per heavy atom. The fourth-order valence-electron chi connectivity index (χ4n) is 1.63. The lowest BCUT2D eigenvalue weighted by atomic mass is 10.3. The minimum absolute atomic E-state index is 0.0692. The molecule has 104 valence electrons. The topological polar surface area (TPSA) is 87.1 Å². The van der Waals surface area contributed by atoms with Gasteiger partial charge in [-0.2, -0.15) is 0 Å². The first kappa shape index (κ1) is 15.1. The van der Waals surface area contributed by atoms with Crippen LogP contribution in [0.5, 0.6) is 5.75 Å². The van der Waals surface area contributed by atoms with Crippen molar-refractivity contribution in [2.75, 3.05) is 26.2 Å². The van der Waals surface area contributed by atoms with Crippen LogP contribution in [-0.2, 0) is 0 Å². The summed E-state index contributed by atoms with van der Waals surface area (Å²) in [7, 11) is 0. The number of rotatable bonds is 7. The van der Waals surface area contributed by atoms with E-state index >= 15 is 0 Å². The summed E-state index contributed by atoms with van der Waals surface area (Å²) >= 11 is 0. The summed E-state index contributed by atoms with van der Waals surface area (Å²) in [6, 6.07) is 7.27. The molecule has 0 unspecified atom stereocenters. The molecule has 1 aromatic rings. The summed E-state index contributed by atoms with van der Waals surface area (Å²) in [6.07, 6.45) is 0. The molecule has 0 aliphatic heterocycles. The molecule has 19 heavy (non-hydrogen) atoms. The first-order valence-electron chi connectivity index (χ1n) is 6.36. The lowest BCUT2D eigenvalue weighted by Gasteiger charge is -2.18. The van der Waals surface area contributed by atoms with Crippen LogP contribution in [0.15, 0.2) is 34.4 Å². The number of guanidine groups is 1. The summed E-state index contributed by atoms with van der Waals surface area (Å²) in [5.74, 6) is 0.673. The number of aliphatic imine (C=N–C) groups is 1. The van der Waals surface area contributed by atoms with Crippen LogP contribution in [-0.4, -0.2) is 37.1 Å². The van der Waals surface area contributed by atoms with Crippen LogP contribution >= 0.6 is 0 Å². The van der Waals surface area contributed by atoms with E-state index in [4.69, 9.17) is 16.0 Å². The van der Waals surface area contributed by atoms with Crippen molar-refractivity contribution in [1.82, 2.24) is 4.90 Å². The molecule has 1 aromatic carbocycles. The third-order valence-electron chi connectivity index (χ3n) is 2.75. The zero-order valence-corrected chi connectivity index (χ0v) is 11.5. The van der Waals surface area contributed by atoms with Crippen molar-refractivity contribution in [3.63, 3.8) is 0 Å². The molecule has 0 fully saturated rings. The van der Waals surface area contributed by atoms with Gasteiger partial charge >= 0.3 is 0 Å². The highest BCUT2D eigenvalue weighted by Gasteiger charge is 2.00. The summed E-state index contributed by atoms with van der Waals surface area (Å²) in [4.78, 5) is 6.25. The van der Waals surface area contributed by atoms with E-state index in [0.29, 0.717) is 12.3 Å². The van der Waals surface area contributed by atoms with Gasteiger partial charge in [-0.05, 0) is 25.2 Å². The maximum Gasteiger partial charge on any atom is 0.239 e. The number of ether oxygens (including phenoxy) is 1. The smallest absolute Gasteiger partial charge is 0.239 e. The van der Waals surface area contributed by atoms with Gasteiger partial charge in [-0.3, -0.25) is 0 Å². The number of nitrogens with zero attached hydrogens (tertiary/aromatic N) is 3. The van der Waals surface area contributed by atoms with Crippen LogP contribution in [0.1, 0.15) is 13.8 Å². The van der Waals surface area contributed by atoms with Gasteiger partial charge in [0, 0.05) is 12.6 Å². The third kappa shape index (κ3) is 5.48. The number of nitrogens with one attached hydrogen (secondary N) is 1. The molecule has 6 nitrogen and oxygen atoms in total. The highest BCUT2D eigenvalue weighted by molar-refractivity contribution is 5.80. The van der Waals surface area contributed by atoms with E-state index in [1.807, 2.05) is 12.1 Å². The standard InChI is InChI=1S/C13H21N5O/c1-3-18(4-2)8-9-19-12-7-5-6-11(10-12)16-13(14)17-15/h5-7,10,15H,3-4,8-9H2,1-2H3,(H2,14,16). The van der Waals surface area contributed by atoms with E-state index in [-0.39, 0.29) is 5.96 Å². The first-order valence-corrected chi connectivity index (χ1v) is 6.36. The van der Waals surface area contributed by atoms with Gasteiger partial charge in [-0.25, -0.2) is 10.5 Å². The molecule has 0 radical (unpaired) electrons. The van der Waals surface area contributed by atoms with Crippen LogP contribution in [0.25, 0.3) is 0 Å². The number of hydrogen-bond donors (Lipinski definition) is 2. The van der Waals surface area contributed by atoms with Crippen molar-refractivity contribution in [2.24, 2.45) is 15.8 Å². The highest BCUT2D eigenvalue weighted by atomic mass is 16.5. The normalized spacial score (nSPS) is 11.6. The lowest BCUT2D eigenvalue weighted by molar-refractivity contribution is 0.223. The molecule has 0 heterocycles. The van der Waals surface area contributed by atoms with Crippen LogP contribution in [0.4, 0.5) is 5.69 Å². The van der Waals surface area contributed by atoms with Crippen molar-refractivity contribution in [1.29, 1.82) is 5.53 Å². The molecule has 0 bridgehead atoms. The van der Waals surface area contributed by atoms with Gasteiger partial charge in [-0.1, -0.05) is 19.9 Å². The van der Waals surface area contributed by atoms with Crippen molar-refractivity contribution >= 4 is 11.6 Å². The molecule has 0 aliphatic rings. The quantitative estimate of drug-likeness (QED) is 0.450. The molecule has 0 aliphatic carbocycles. The Morgan fingerprint density at radius 1 is 1.37 bits per heavy atom. The molecule has 3 N–H and O–H groups in total. The molecule has 0 saturated heterocycles. The van der Waals surface area contributed by atoms with Crippen molar-refractivity contribution in [3.8, 4) is 5.75 Å². The van der Waals surface area contributed by atoms with Gasteiger partial charge in [0.2, 0.25) is 5.96 Å². The van der Waals surface area contributed by atoms with E-state index in [9.17, 15) is 0 Å². The molecular weight excluding hydrogens is 242 g/mol. The van der Waals surface area contributed by atoms with Gasteiger partial charge in [0.05, 0.1) is 5.69 Å². The Hall–Kier alpha value is -1.95. The molecule has 0 amide bonds. The van der Waals surface area contributed by atoms with E-state index in [1.54, 1.807) is 12.1 Å². The maximum atomic E-state index is 6.74. The zero-order valence-electron chi connectivity index (χ0n) is 11.5. The summed E-state index contributed by atoms with van der Waals surface area (Å²) in [6.45, 7) is 7.83. The zero-order chi connectivity index (χ0) is 14.1. The molecule has 1 rings (SSSR count). The highest BCUT2D eigenvalue weighted by Crippen LogP contribution is 2.19. The summed E-state index contributed by atoms with van der Waals surface area (Å²) < 4.78 is 5.67. The SMILES string of the molecule is CCN(CC)CCOc1cccc(N=C(N)N=N)c1. The Morgan fingerprint density at radius 3 is 2.74 bits per heavy atom. The van der Waals surface area contributed by atoms with E-state index in [1.165, 1.54) is 0 Å². The maximum absolute atomic E-state index is 6.74. The molecule has 0 atom stereocenters. The molecule has 0 aromatic heterocycles. The largest absolute Gasteiger partial charge is 0.492 e. The Balaban J connectivity index is 2.55. The van der Waals surface area contributed by atoms with Gasteiger partial charge in [0.25, 0.3) is 0 Å². The lowest BCUT2D eigenvalue weighted by Crippen LogP contribution is -2.27. The average molecular weight is 263 g/mol. The van der Waals surface area contributed by atoms with Crippen LogP contribution in [0, 0.1) is 5.53 Å². The molecular formula is C13H21N5O. The van der Waals surface area contributed by atoms with Gasteiger partial charge < -0.3 is 15.4 Å². The monoisotopic (exact) mass is 263 g/mol. The van der Waals surface area contributed by atoms with E-state index in [0.717, 1.165) is 25.4 Å². The minimum Gasteiger partial charge on any atom is -0.492 e. The number of benzene rings is 1. The second-order valence-corrected chi connectivity index (χ2v) is 3.95. The van der Waals surface area contributed by atoms with Gasteiger partial charge in [0.1, 0.15) is 12.4 Å². The van der Waals surface area contributed by atoms with Crippen LogP contribution < -0.4 is 10.5 Å². The minimum atomic E-state index is -0.0692. The van der Waals surface area contributed by atoms with Crippen molar-refractivity contribution < 1.29 is 4.74 Å². The fourth-order valence-corrected chi connectivity index (χ4v) is 1.63. The molecule has 0 spiro atoms. The second-order valence-electron chi connectivity index (χ2n) is 3.95. The summed E-state index contributed by atoms with van der Waals surface area (Å²) in [5, 5.41) is 3.05. The predicted molar refractivity (Wildman–Crippen MR) is 76.2 cm³/mol. The van der Waals surface area contributed by atoms with Crippen LogP contribution in [0.3, 0.4) is 0 Å². The third-order valence-corrected chi connectivity index (χ3v) is 2.75. The van der Waals surface area contributed by atoms with E-state index < -0.39 is 0 Å². The number of likely N-dealkylation sites (N-methyl/N-ethyl adjacent to an activating group) is 1. The van der Waals surface area contributed by atoms with Gasteiger partial charge in [0.15, 0.2) is 0 Å². The summed E-state index contributed by atoms with van der Waals surface area (Å²) in [5.41, 5.74) is 12.8. The number of hydrogen-bond acceptors (Lipinski definition) is 4.